The summed E-state index contributed by atoms with van der Waals surface area (Å²) < 4.78 is 26.2. The second-order valence-electron chi connectivity index (χ2n) is 12.0. The third-order valence-electron chi connectivity index (χ3n) is 7.42. The van der Waals surface area contributed by atoms with E-state index in [1.807, 2.05) is 24.3 Å². The van der Waals surface area contributed by atoms with Gasteiger partial charge in [0.1, 0.15) is 6.61 Å². The second-order valence-corrected chi connectivity index (χ2v) is 13.3. The van der Waals surface area contributed by atoms with Crippen molar-refractivity contribution in [2.75, 3.05) is 13.2 Å². The van der Waals surface area contributed by atoms with Gasteiger partial charge in [-0.25, -0.2) is 4.57 Å². The molecule has 0 fully saturated rings. The average Bonchev–Trinajstić information content (AvgIpc) is 3.03. The van der Waals surface area contributed by atoms with Crippen molar-refractivity contribution < 1.29 is 43.0 Å². The van der Waals surface area contributed by atoms with Crippen molar-refractivity contribution in [1.29, 1.82) is 0 Å². The van der Waals surface area contributed by atoms with Gasteiger partial charge in [-0.3, -0.25) is 14.1 Å². The SMILES string of the molecule is CCCCCCCCCCCCCC(=O)O[C@H](COC(=O)CCC/C=C\C/C=C\C/C=C\C/C=C\[C@@H](O)CCCC)COP(=O)(O)O. The molecule has 0 aromatic heterocycles. The molecule has 0 radical (unpaired) electrons. The Morgan fingerprint density at radius 3 is 1.72 bits per heavy atom. The zero-order valence-corrected chi connectivity index (χ0v) is 30.2. The molecule has 9 nitrogen and oxygen atoms in total. The van der Waals surface area contributed by atoms with Crippen LogP contribution < -0.4 is 0 Å². The van der Waals surface area contributed by atoms with Gasteiger partial charge in [0.15, 0.2) is 6.10 Å². The Labute approximate surface area is 285 Å². The van der Waals surface area contributed by atoms with E-state index < -0.39 is 32.5 Å². The molecule has 0 aliphatic rings. The number of esters is 2. The molecule has 0 aliphatic heterocycles. The van der Waals surface area contributed by atoms with E-state index in [9.17, 15) is 19.3 Å². The Morgan fingerprint density at radius 1 is 0.638 bits per heavy atom. The van der Waals surface area contributed by atoms with Gasteiger partial charge >= 0.3 is 19.8 Å². The molecule has 3 N–H and O–H groups in total. The number of ether oxygens (including phenoxy) is 2. The van der Waals surface area contributed by atoms with Crippen molar-refractivity contribution in [3.63, 3.8) is 0 Å². The number of phosphoric ester groups is 1. The molecule has 47 heavy (non-hydrogen) atoms. The highest BCUT2D eigenvalue weighted by Gasteiger charge is 2.22. The lowest BCUT2D eigenvalue weighted by Crippen LogP contribution is -2.29. The summed E-state index contributed by atoms with van der Waals surface area (Å²) in [4.78, 5) is 42.5. The maximum atomic E-state index is 12.3. The maximum Gasteiger partial charge on any atom is 0.469 e. The first-order chi connectivity index (χ1) is 22.7. The first kappa shape index (κ1) is 45.0. The lowest BCUT2D eigenvalue weighted by Gasteiger charge is -2.18. The molecular formula is C37H65O9P. The number of aliphatic hydroxyl groups excluding tert-OH is 1. The molecule has 0 aromatic rings. The number of carbonyl (C=O) groups excluding carboxylic acids is 2. The van der Waals surface area contributed by atoms with Gasteiger partial charge in [0.05, 0.1) is 12.7 Å². The summed E-state index contributed by atoms with van der Waals surface area (Å²) in [5, 5.41) is 9.77. The minimum absolute atomic E-state index is 0.174. The first-order valence-corrected chi connectivity index (χ1v) is 19.6. The van der Waals surface area contributed by atoms with Crippen molar-refractivity contribution in [1.82, 2.24) is 0 Å². The lowest BCUT2D eigenvalue weighted by atomic mass is 10.1. The van der Waals surface area contributed by atoms with Crippen LogP contribution >= 0.6 is 7.82 Å². The molecule has 2 atom stereocenters. The molecule has 0 aliphatic carbocycles. The average molecular weight is 685 g/mol. The van der Waals surface area contributed by atoms with Crippen LogP contribution in [0.4, 0.5) is 0 Å². The third kappa shape index (κ3) is 35.1. The van der Waals surface area contributed by atoms with Gasteiger partial charge in [-0.05, 0) is 44.9 Å². The minimum Gasteiger partial charge on any atom is -0.462 e. The highest BCUT2D eigenvalue weighted by Crippen LogP contribution is 2.35. The van der Waals surface area contributed by atoms with Crippen molar-refractivity contribution in [3.8, 4) is 0 Å². The van der Waals surface area contributed by atoms with E-state index >= 15 is 0 Å². The van der Waals surface area contributed by atoms with Crippen LogP contribution in [0.5, 0.6) is 0 Å². The molecule has 0 amide bonds. The van der Waals surface area contributed by atoms with Crippen LogP contribution in [0.3, 0.4) is 0 Å². The van der Waals surface area contributed by atoms with Crippen molar-refractivity contribution in [3.05, 3.63) is 48.6 Å². The number of aliphatic hydroxyl groups is 1. The fraction of sp³-hybridized carbons (Fsp3) is 0.730. The number of hydrogen-bond acceptors (Lipinski definition) is 7. The van der Waals surface area contributed by atoms with Gasteiger partial charge in [0.25, 0.3) is 0 Å². The summed E-state index contributed by atoms with van der Waals surface area (Å²) in [6.07, 6.45) is 34.6. The Morgan fingerprint density at radius 2 is 1.15 bits per heavy atom. The van der Waals surface area contributed by atoms with Crippen molar-refractivity contribution >= 4 is 19.8 Å². The van der Waals surface area contributed by atoms with Crippen LogP contribution in [0.1, 0.15) is 149 Å². The number of carbonyl (C=O) groups is 2. The number of phosphoric acid groups is 1. The predicted molar refractivity (Wildman–Crippen MR) is 190 cm³/mol. The maximum absolute atomic E-state index is 12.3. The van der Waals surface area contributed by atoms with E-state index in [1.165, 1.54) is 44.9 Å². The molecule has 0 spiro atoms. The normalized spacial score (nSPS) is 13.7. The largest absolute Gasteiger partial charge is 0.469 e. The fourth-order valence-corrected chi connectivity index (χ4v) is 5.04. The fourth-order valence-electron chi connectivity index (χ4n) is 4.68. The summed E-state index contributed by atoms with van der Waals surface area (Å²) >= 11 is 0. The van der Waals surface area contributed by atoms with Crippen molar-refractivity contribution in [2.24, 2.45) is 0 Å². The molecule has 0 aromatic carbocycles. The molecule has 272 valence electrons. The Kier molecular flexibility index (Phi) is 31.1. The third-order valence-corrected chi connectivity index (χ3v) is 7.91. The Bertz CT molecular complexity index is 923. The number of unbranched alkanes of at least 4 members (excludes halogenated alkanes) is 12. The van der Waals surface area contributed by atoms with E-state index in [2.05, 4.69) is 42.7 Å². The smallest absolute Gasteiger partial charge is 0.462 e. The van der Waals surface area contributed by atoms with Crippen molar-refractivity contribution in [2.45, 2.75) is 161 Å². The molecule has 0 saturated carbocycles. The van der Waals surface area contributed by atoms with E-state index in [-0.39, 0.29) is 25.6 Å². The summed E-state index contributed by atoms with van der Waals surface area (Å²) in [6.45, 7) is 3.45. The van der Waals surface area contributed by atoms with Gasteiger partial charge in [-0.1, -0.05) is 140 Å². The Balaban J connectivity index is 4.12. The summed E-state index contributed by atoms with van der Waals surface area (Å²) in [6, 6.07) is 0. The van der Waals surface area contributed by atoms with Crippen LogP contribution in [0.25, 0.3) is 0 Å². The summed E-state index contributed by atoms with van der Waals surface area (Å²) in [7, 11) is -4.77. The topological polar surface area (TPSA) is 140 Å². The van der Waals surface area contributed by atoms with Gasteiger partial charge < -0.3 is 24.4 Å². The second kappa shape index (κ2) is 32.5. The molecule has 10 heteroatoms. The molecular weight excluding hydrogens is 619 g/mol. The van der Waals surface area contributed by atoms with E-state index in [0.29, 0.717) is 19.3 Å². The molecule has 0 unspecified atom stereocenters. The highest BCUT2D eigenvalue weighted by molar-refractivity contribution is 7.46. The van der Waals surface area contributed by atoms with Crippen LogP contribution in [0.15, 0.2) is 48.6 Å². The quantitative estimate of drug-likeness (QED) is 0.0274. The number of hydrogen-bond donors (Lipinski definition) is 3. The zero-order valence-electron chi connectivity index (χ0n) is 29.3. The van der Waals surface area contributed by atoms with Crippen LogP contribution in [0, 0.1) is 0 Å². The number of allylic oxidation sites excluding steroid dienone is 7. The van der Waals surface area contributed by atoms with Gasteiger partial charge in [-0.2, -0.15) is 0 Å². The van der Waals surface area contributed by atoms with E-state index in [0.717, 1.165) is 57.8 Å². The molecule has 0 heterocycles. The van der Waals surface area contributed by atoms with E-state index in [4.69, 9.17) is 19.3 Å². The van der Waals surface area contributed by atoms with Gasteiger partial charge in [0, 0.05) is 12.8 Å². The first-order valence-electron chi connectivity index (χ1n) is 18.0. The van der Waals surface area contributed by atoms with E-state index in [1.54, 1.807) is 0 Å². The highest BCUT2D eigenvalue weighted by atomic mass is 31.2. The molecule has 0 bridgehead atoms. The molecule has 0 saturated heterocycles. The zero-order chi connectivity index (χ0) is 34.9. The van der Waals surface area contributed by atoms with Gasteiger partial charge in [-0.15, -0.1) is 0 Å². The summed E-state index contributed by atoms with van der Waals surface area (Å²) in [5.74, 6) is -0.976. The molecule has 0 rings (SSSR count). The monoisotopic (exact) mass is 684 g/mol. The predicted octanol–water partition coefficient (Wildman–Crippen LogP) is 9.37. The lowest BCUT2D eigenvalue weighted by molar-refractivity contribution is -0.161. The standard InChI is InChI=1S/C37H65O9P/c1-3-5-7-8-9-10-13-18-21-24-27-31-37(40)46-35(33-45-47(41,42)43)32-44-36(39)30-26-23-20-17-15-12-11-14-16-19-22-25-29-34(38)28-6-4-2/h11-12,16-17,19-20,25,29,34-35,38H,3-10,13-15,18,21-24,26-28,30-33H2,1-2H3,(H2,41,42,43)/b12-11-,19-16-,20-17-,29-25-/t34-,35+/m0/s1. The van der Waals surface area contributed by atoms with Crippen LogP contribution in [-0.4, -0.2) is 52.3 Å². The minimum atomic E-state index is -4.77. The van der Waals surface area contributed by atoms with Gasteiger partial charge in [0.2, 0.25) is 0 Å². The van der Waals surface area contributed by atoms with Crippen LogP contribution in [0.2, 0.25) is 0 Å². The number of rotatable bonds is 32. The van der Waals surface area contributed by atoms with Crippen LogP contribution in [-0.2, 0) is 28.2 Å². The summed E-state index contributed by atoms with van der Waals surface area (Å²) in [5.41, 5.74) is 0. The Hall–Kier alpha value is -2.03.